The molecule has 8 nitrogen and oxygen atoms in total. The highest BCUT2D eigenvalue weighted by atomic mass is 32.2. The number of fused-ring (bicyclic) bond motifs is 1. The summed E-state index contributed by atoms with van der Waals surface area (Å²) < 4.78 is 40.3. The van der Waals surface area contributed by atoms with Gasteiger partial charge in [0.05, 0.1) is 11.9 Å². The van der Waals surface area contributed by atoms with Crippen molar-refractivity contribution in [2.45, 2.75) is 6.42 Å². The van der Waals surface area contributed by atoms with E-state index in [1.165, 1.54) is 0 Å². The molecule has 0 atom stereocenters. The summed E-state index contributed by atoms with van der Waals surface area (Å²) in [6.45, 7) is 0.743. The number of sulfonamides is 1. The molecule has 2 rings (SSSR count). The smallest absolute Gasteiger partial charge is 0.240 e. The molecule has 0 bridgehead atoms. The van der Waals surface area contributed by atoms with E-state index in [4.69, 9.17) is 14.2 Å². The van der Waals surface area contributed by atoms with Gasteiger partial charge in [0.15, 0.2) is 11.5 Å². The summed E-state index contributed by atoms with van der Waals surface area (Å²) in [5, 5.41) is 2.66. The topological polar surface area (TPSA) is 94.2 Å². The average Bonchev–Trinajstić information content (AvgIpc) is 2.95. The lowest BCUT2D eigenvalue weighted by molar-refractivity contribution is -0.119. The molecule has 1 aliphatic heterocycles. The maximum Gasteiger partial charge on any atom is 0.240 e. The number of benzene rings is 1. The van der Waals surface area contributed by atoms with Crippen LogP contribution in [0.5, 0.6) is 11.5 Å². The third kappa shape index (κ3) is 4.73. The fourth-order valence-electron chi connectivity index (χ4n) is 2.07. The second-order valence-electron chi connectivity index (χ2n) is 5.00. The van der Waals surface area contributed by atoms with Crippen molar-refractivity contribution < 1.29 is 27.4 Å². The van der Waals surface area contributed by atoms with Crippen molar-refractivity contribution in [1.29, 1.82) is 0 Å². The number of ether oxygens (including phenoxy) is 3. The standard InChI is InChI=1S/C14H20N2O6S/c1-20-7-3-6-15-14(17)9-16(23(2,18)19)11-4-5-12-13(8-11)22-10-21-12/h4-5,8H,3,6-7,9-10H2,1-2H3,(H,15,17). The van der Waals surface area contributed by atoms with Crippen molar-refractivity contribution in [2.24, 2.45) is 0 Å². The van der Waals surface area contributed by atoms with Crippen molar-refractivity contribution in [2.75, 3.05) is 44.2 Å². The Morgan fingerprint density at radius 1 is 1.35 bits per heavy atom. The number of carbonyl (C=O) groups is 1. The highest BCUT2D eigenvalue weighted by Crippen LogP contribution is 2.35. The van der Waals surface area contributed by atoms with Crippen LogP contribution in [0.4, 0.5) is 5.69 Å². The summed E-state index contributed by atoms with van der Waals surface area (Å²) in [7, 11) is -2.04. The van der Waals surface area contributed by atoms with E-state index in [2.05, 4.69) is 5.32 Å². The first-order valence-corrected chi connectivity index (χ1v) is 8.89. The number of hydrogen-bond donors (Lipinski definition) is 1. The maximum absolute atomic E-state index is 12.0. The Kier molecular flexibility index (Phi) is 5.67. The zero-order valence-electron chi connectivity index (χ0n) is 13.1. The van der Waals surface area contributed by atoms with Gasteiger partial charge in [0.25, 0.3) is 0 Å². The SMILES string of the molecule is COCCCNC(=O)CN(c1ccc2c(c1)OCO2)S(C)(=O)=O. The quantitative estimate of drug-likeness (QED) is 0.683. The molecular formula is C14H20N2O6S. The Labute approximate surface area is 135 Å². The van der Waals surface area contributed by atoms with Gasteiger partial charge in [-0.25, -0.2) is 8.42 Å². The van der Waals surface area contributed by atoms with Gasteiger partial charge in [0.2, 0.25) is 22.7 Å². The summed E-state index contributed by atoms with van der Waals surface area (Å²) in [4.78, 5) is 12.0. The van der Waals surface area contributed by atoms with Gasteiger partial charge in [-0.05, 0) is 18.6 Å². The molecule has 9 heteroatoms. The number of hydrogen-bond acceptors (Lipinski definition) is 6. The van der Waals surface area contributed by atoms with E-state index >= 15 is 0 Å². The van der Waals surface area contributed by atoms with Gasteiger partial charge >= 0.3 is 0 Å². The van der Waals surface area contributed by atoms with Crippen LogP contribution >= 0.6 is 0 Å². The van der Waals surface area contributed by atoms with E-state index < -0.39 is 10.0 Å². The fraction of sp³-hybridized carbons (Fsp3) is 0.500. The van der Waals surface area contributed by atoms with E-state index in [1.54, 1.807) is 25.3 Å². The number of nitrogens with one attached hydrogen (secondary N) is 1. The summed E-state index contributed by atoms with van der Waals surface area (Å²) in [6, 6.07) is 4.74. The maximum atomic E-state index is 12.0. The molecule has 0 spiro atoms. The molecule has 0 aliphatic carbocycles. The Balaban J connectivity index is 2.07. The van der Waals surface area contributed by atoms with Crippen LogP contribution in [0.1, 0.15) is 6.42 Å². The van der Waals surface area contributed by atoms with Crippen LogP contribution in [0, 0.1) is 0 Å². The van der Waals surface area contributed by atoms with Crippen LogP contribution in [0.2, 0.25) is 0 Å². The first-order valence-electron chi connectivity index (χ1n) is 7.05. The highest BCUT2D eigenvalue weighted by Gasteiger charge is 2.23. The van der Waals surface area contributed by atoms with E-state index in [0.717, 1.165) is 10.6 Å². The van der Waals surface area contributed by atoms with Gasteiger partial charge in [-0.2, -0.15) is 0 Å². The molecule has 1 heterocycles. The second-order valence-corrected chi connectivity index (χ2v) is 6.91. The average molecular weight is 344 g/mol. The number of nitrogens with zero attached hydrogens (tertiary/aromatic N) is 1. The number of anilines is 1. The minimum absolute atomic E-state index is 0.0949. The minimum Gasteiger partial charge on any atom is -0.454 e. The molecule has 0 unspecified atom stereocenters. The molecule has 0 aromatic heterocycles. The van der Waals surface area contributed by atoms with Gasteiger partial charge in [-0.3, -0.25) is 9.10 Å². The lowest BCUT2D eigenvalue weighted by atomic mass is 10.3. The van der Waals surface area contributed by atoms with E-state index in [1.807, 2.05) is 0 Å². The second kappa shape index (κ2) is 7.51. The molecule has 0 radical (unpaired) electrons. The summed E-state index contributed by atoms with van der Waals surface area (Å²) in [5.41, 5.74) is 0.351. The Morgan fingerprint density at radius 3 is 2.78 bits per heavy atom. The molecule has 0 fully saturated rings. The van der Waals surface area contributed by atoms with Crippen molar-refractivity contribution in [3.63, 3.8) is 0 Å². The van der Waals surface area contributed by atoms with Crippen LogP contribution in [-0.4, -0.2) is 54.2 Å². The molecule has 1 aliphatic rings. The molecule has 128 valence electrons. The minimum atomic E-state index is -3.61. The molecule has 0 saturated carbocycles. The van der Waals surface area contributed by atoms with Crippen LogP contribution in [-0.2, 0) is 19.6 Å². The first-order chi connectivity index (χ1) is 10.9. The predicted octanol–water partition coefficient (Wildman–Crippen LogP) is 0.334. The molecule has 1 aromatic carbocycles. The lowest BCUT2D eigenvalue weighted by Crippen LogP contribution is -2.40. The summed E-state index contributed by atoms with van der Waals surface area (Å²) in [6.07, 6.45) is 1.71. The Morgan fingerprint density at radius 2 is 2.09 bits per heavy atom. The number of methoxy groups -OCH3 is 1. The monoisotopic (exact) mass is 344 g/mol. The molecular weight excluding hydrogens is 324 g/mol. The normalized spacial score (nSPS) is 13.0. The van der Waals surface area contributed by atoms with Crippen molar-refractivity contribution in [3.05, 3.63) is 18.2 Å². The van der Waals surface area contributed by atoms with Gasteiger partial charge in [0, 0.05) is 26.3 Å². The van der Waals surface area contributed by atoms with E-state index in [9.17, 15) is 13.2 Å². The van der Waals surface area contributed by atoms with Crippen LogP contribution in [0.15, 0.2) is 18.2 Å². The Hall–Kier alpha value is -2.00. The van der Waals surface area contributed by atoms with E-state index in [-0.39, 0.29) is 19.2 Å². The number of rotatable bonds is 8. The van der Waals surface area contributed by atoms with Gasteiger partial charge in [0.1, 0.15) is 6.54 Å². The third-order valence-electron chi connectivity index (χ3n) is 3.18. The zero-order valence-corrected chi connectivity index (χ0v) is 13.9. The Bertz CT molecular complexity index is 661. The number of amides is 1. The van der Waals surface area contributed by atoms with Crippen molar-refractivity contribution >= 4 is 21.6 Å². The van der Waals surface area contributed by atoms with Crippen LogP contribution < -0.4 is 19.1 Å². The molecule has 1 N–H and O–H groups in total. The predicted molar refractivity (Wildman–Crippen MR) is 84.3 cm³/mol. The van der Waals surface area contributed by atoms with E-state index in [0.29, 0.717) is 36.8 Å². The lowest BCUT2D eigenvalue weighted by Gasteiger charge is -2.22. The first kappa shape index (κ1) is 17.4. The number of carbonyl (C=O) groups excluding carboxylic acids is 1. The van der Waals surface area contributed by atoms with Crippen LogP contribution in [0.3, 0.4) is 0 Å². The molecule has 1 aromatic rings. The van der Waals surface area contributed by atoms with Crippen molar-refractivity contribution in [1.82, 2.24) is 5.32 Å². The van der Waals surface area contributed by atoms with Crippen molar-refractivity contribution in [3.8, 4) is 11.5 Å². The zero-order chi connectivity index (χ0) is 16.9. The molecule has 23 heavy (non-hydrogen) atoms. The fourth-order valence-corrected chi connectivity index (χ4v) is 2.92. The summed E-state index contributed by atoms with van der Waals surface area (Å²) >= 11 is 0. The van der Waals surface area contributed by atoms with Crippen LogP contribution in [0.25, 0.3) is 0 Å². The third-order valence-corrected chi connectivity index (χ3v) is 4.32. The molecule has 1 amide bonds. The largest absolute Gasteiger partial charge is 0.454 e. The highest BCUT2D eigenvalue weighted by molar-refractivity contribution is 7.92. The van der Waals surface area contributed by atoms with Gasteiger partial charge in [-0.15, -0.1) is 0 Å². The van der Waals surface area contributed by atoms with Gasteiger partial charge < -0.3 is 19.5 Å². The summed E-state index contributed by atoms with van der Waals surface area (Å²) in [5.74, 6) is 0.618. The molecule has 0 saturated heterocycles. The van der Waals surface area contributed by atoms with Gasteiger partial charge in [-0.1, -0.05) is 0 Å².